The highest BCUT2D eigenvalue weighted by Gasteiger charge is 2.14. The van der Waals surface area contributed by atoms with E-state index in [9.17, 15) is 4.79 Å². The van der Waals surface area contributed by atoms with Crippen molar-refractivity contribution < 1.29 is 9.53 Å². The quantitative estimate of drug-likeness (QED) is 0.786. The zero-order valence-corrected chi connectivity index (χ0v) is 10.6. The lowest BCUT2D eigenvalue weighted by atomic mass is 10.0. The van der Waals surface area contributed by atoms with Crippen molar-refractivity contribution in [1.29, 1.82) is 0 Å². The highest BCUT2D eigenvalue weighted by molar-refractivity contribution is 5.96. The van der Waals surface area contributed by atoms with Crippen LogP contribution >= 0.6 is 0 Å². The molecule has 0 amide bonds. The Morgan fingerprint density at radius 2 is 2.21 bits per heavy atom. The van der Waals surface area contributed by atoms with Gasteiger partial charge in [0.2, 0.25) is 0 Å². The molecule has 0 saturated heterocycles. The number of benzene rings is 1. The molecule has 0 radical (unpaired) electrons. The van der Waals surface area contributed by atoms with E-state index in [1.54, 1.807) is 6.20 Å². The number of aryl methyl sites for hydroxylation is 1. The van der Waals surface area contributed by atoms with E-state index in [4.69, 9.17) is 4.74 Å². The Hall–Kier alpha value is -2.16. The molecule has 0 bridgehead atoms. The number of aromatic nitrogens is 1. The second kappa shape index (κ2) is 5.22. The Kier molecular flexibility index (Phi) is 3.27. The first-order valence-corrected chi connectivity index (χ1v) is 6.52. The number of carbonyl (C=O) groups is 1. The second-order valence-corrected chi connectivity index (χ2v) is 4.67. The third-order valence-electron chi connectivity index (χ3n) is 3.35. The largest absolute Gasteiger partial charge is 0.493 e. The summed E-state index contributed by atoms with van der Waals surface area (Å²) in [6, 6.07) is 11.5. The van der Waals surface area contributed by atoms with E-state index < -0.39 is 0 Å². The average Bonchev–Trinajstić information content (AvgIpc) is 2.93. The zero-order chi connectivity index (χ0) is 13.1. The Labute approximate surface area is 112 Å². The van der Waals surface area contributed by atoms with Crippen molar-refractivity contribution >= 4 is 5.78 Å². The molecule has 96 valence electrons. The van der Waals surface area contributed by atoms with Gasteiger partial charge in [-0.1, -0.05) is 6.07 Å². The van der Waals surface area contributed by atoms with E-state index in [1.165, 1.54) is 0 Å². The molecule has 0 N–H and O–H groups in total. The van der Waals surface area contributed by atoms with Crippen molar-refractivity contribution in [2.24, 2.45) is 0 Å². The number of rotatable bonds is 4. The summed E-state index contributed by atoms with van der Waals surface area (Å²) in [5, 5.41) is 0. The number of ketones is 1. The highest BCUT2D eigenvalue weighted by atomic mass is 16.5. The molecular weight excluding hydrogens is 238 g/mol. The minimum Gasteiger partial charge on any atom is -0.493 e. The van der Waals surface area contributed by atoms with Crippen molar-refractivity contribution in [3.05, 3.63) is 59.4 Å². The number of carbonyl (C=O) groups excluding carboxylic acids is 1. The number of pyridine rings is 1. The van der Waals surface area contributed by atoms with Gasteiger partial charge in [-0.2, -0.15) is 0 Å². The molecule has 3 rings (SSSR count). The van der Waals surface area contributed by atoms with E-state index in [-0.39, 0.29) is 5.78 Å². The molecule has 2 aromatic rings. The van der Waals surface area contributed by atoms with E-state index in [0.717, 1.165) is 35.6 Å². The van der Waals surface area contributed by atoms with Crippen LogP contribution in [0.4, 0.5) is 0 Å². The first-order chi connectivity index (χ1) is 9.33. The molecule has 0 atom stereocenters. The molecule has 1 aromatic heterocycles. The van der Waals surface area contributed by atoms with Crippen LogP contribution in [0.5, 0.6) is 5.75 Å². The van der Waals surface area contributed by atoms with Crippen LogP contribution in [0.1, 0.15) is 28.0 Å². The zero-order valence-electron chi connectivity index (χ0n) is 10.6. The highest BCUT2D eigenvalue weighted by Crippen LogP contribution is 2.26. The molecular formula is C16H15NO2. The summed E-state index contributed by atoms with van der Waals surface area (Å²) in [5.74, 6) is 1.08. The smallest absolute Gasteiger partial charge is 0.163 e. The Morgan fingerprint density at radius 1 is 1.26 bits per heavy atom. The molecule has 19 heavy (non-hydrogen) atoms. The molecule has 3 nitrogen and oxygen atoms in total. The van der Waals surface area contributed by atoms with Crippen LogP contribution in [0.25, 0.3) is 0 Å². The number of hydrogen-bond donors (Lipinski definition) is 0. The second-order valence-electron chi connectivity index (χ2n) is 4.67. The molecule has 0 spiro atoms. The Morgan fingerprint density at radius 3 is 3.05 bits per heavy atom. The molecule has 0 saturated carbocycles. The van der Waals surface area contributed by atoms with Gasteiger partial charge in [0.25, 0.3) is 0 Å². The fourth-order valence-corrected chi connectivity index (χ4v) is 2.29. The summed E-state index contributed by atoms with van der Waals surface area (Å²) >= 11 is 0. The molecule has 2 heterocycles. The van der Waals surface area contributed by atoms with Crippen LogP contribution in [-0.2, 0) is 12.8 Å². The fourth-order valence-electron chi connectivity index (χ4n) is 2.29. The van der Waals surface area contributed by atoms with Gasteiger partial charge >= 0.3 is 0 Å². The van der Waals surface area contributed by atoms with Gasteiger partial charge < -0.3 is 4.74 Å². The first kappa shape index (κ1) is 11.9. The summed E-state index contributed by atoms with van der Waals surface area (Å²) in [6.45, 7) is 0.723. The maximum atomic E-state index is 12.1. The number of Topliss-reactive ketones (excluding diaryl/α,β-unsaturated/α-hetero) is 1. The third-order valence-corrected chi connectivity index (χ3v) is 3.35. The van der Waals surface area contributed by atoms with Crippen molar-refractivity contribution in [3.8, 4) is 5.75 Å². The lowest BCUT2D eigenvalue weighted by molar-refractivity contribution is 0.0982. The topological polar surface area (TPSA) is 39.2 Å². The maximum absolute atomic E-state index is 12.1. The summed E-state index contributed by atoms with van der Waals surface area (Å²) in [5.41, 5.74) is 2.88. The molecule has 1 aliphatic rings. The van der Waals surface area contributed by atoms with Gasteiger partial charge in [-0.15, -0.1) is 0 Å². The molecule has 1 aromatic carbocycles. The Bertz CT molecular complexity index is 593. The van der Waals surface area contributed by atoms with Crippen LogP contribution in [0.2, 0.25) is 0 Å². The number of hydrogen-bond acceptors (Lipinski definition) is 3. The van der Waals surface area contributed by atoms with Crippen molar-refractivity contribution in [2.75, 3.05) is 6.61 Å². The normalized spacial score (nSPS) is 12.8. The SMILES string of the molecule is O=C(CCc1ccccn1)c1ccc2c(c1)CCO2. The van der Waals surface area contributed by atoms with Crippen molar-refractivity contribution in [3.63, 3.8) is 0 Å². The molecule has 0 fully saturated rings. The van der Waals surface area contributed by atoms with Gasteiger partial charge in [-0.25, -0.2) is 0 Å². The van der Waals surface area contributed by atoms with E-state index in [1.807, 2.05) is 36.4 Å². The summed E-state index contributed by atoms with van der Waals surface area (Å²) in [4.78, 5) is 16.4. The number of nitrogens with zero attached hydrogens (tertiary/aromatic N) is 1. The lowest BCUT2D eigenvalue weighted by Gasteiger charge is -2.03. The summed E-state index contributed by atoms with van der Waals surface area (Å²) in [6.07, 6.45) is 3.84. The van der Waals surface area contributed by atoms with Gasteiger partial charge in [0.15, 0.2) is 5.78 Å². The van der Waals surface area contributed by atoms with Crippen molar-refractivity contribution in [2.45, 2.75) is 19.3 Å². The number of ether oxygens (including phenoxy) is 1. The van der Waals surface area contributed by atoms with Crippen LogP contribution in [-0.4, -0.2) is 17.4 Å². The predicted molar refractivity (Wildman–Crippen MR) is 72.5 cm³/mol. The van der Waals surface area contributed by atoms with Gasteiger partial charge in [0, 0.05) is 30.3 Å². The van der Waals surface area contributed by atoms with Crippen LogP contribution in [0.15, 0.2) is 42.6 Å². The fraction of sp³-hybridized carbons (Fsp3) is 0.250. The van der Waals surface area contributed by atoms with E-state index >= 15 is 0 Å². The minimum absolute atomic E-state index is 0.167. The van der Waals surface area contributed by atoms with Crippen LogP contribution in [0, 0.1) is 0 Å². The summed E-state index contributed by atoms with van der Waals surface area (Å²) in [7, 11) is 0. The van der Waals surface area contributed by atoms with E-state index in [0.29, 0.717) is 12.8 Å². The molecule has 1 aliphatic heterocycles. The standard InChI is InChI=1S/C16H15NO2/c18-15(6-5-14-3-1-2-9-17-14)12-4-7-16-13(11-12)8-10-19-16/h1-4,7,9,11H,5-6,8,10H2. The molecule has 3 heteroatoms. The monoisotopic (exact) mass is 253 g/mol. The maximum Gasteiger partial charge on any atom is 0.163 e. The van der Waals surface area contributed by atoms with E-state index in [2.05, 4.69) is 4.98 Å². The Balaban J connectivity index is 1.67. The average molecular weight is 253 g/mol. The summed E-state index contributed by atoms with van der Waals surface area (Å²) < 4.78 is 5.44. The first-order valence-electron chi connectivity index (χ1n) is 6.52. The minimum atomic E-state index is 0.167. The van der Waals surface area contributed by atoms with Gasteiger partial charge in [-0.3, -0.25) is 9.78 Å². The van der Waals surface area contributed by atoms with Crippen molar-refractivity contribution in [1.82, 2.24) is 4.98 Å². The molecule has 0 unspecified atom stereocenters. The lowest BCUT2D eigenvalue weighted by Crippen LogP contribution is -2.02. The third kappa shape index (κ3) is 2.65. The molecule has 0 aliphatic carbocycles. The van der Waals surface area contributed by atoms with Gasteiger partial charge in [0.1, 0.15) is 5.75 Å². The van der Waals surface area contributed by atoms with Crippen LogP contribution < -0.4 is 4.74 Å². The van der Waals surface area contributed by atoms with Crippen LogP contribution in [0.3, 0.4) is 0 Å². The number of fused-ring (bicyclic) bond motifs is 1. The van der Waals surface area contributed by atoms with Gasteiger partial charge in [-0.05, 0) is 42.3 Å². The predicted octanol–water partition coefficient (Wildman–Crippen LogP) is 2.83. The van der Waals surface area contributed by atoms with Gasteiger partial charge in [0.05, 0.1) is 6.61 Å².